The van der Waals surface area contributed by atoms with Gasteiger partial charge in [0, 0.05) is 4.47 Å². The molecule has 1 amide bonds. The standard InChI is InChI=1S/C20H19BrClF3N2O2S/c1-11(2)7-8-29-17-6-4-13(21)10-14(17)18(28)27-19(30)26-16-9-12(20(23,24)25)3-5-15(16)22/h3-6,9-11H,7-8H2,1-2H3,(H2,26,27,28,30). The molecule has 0 radical (unpaired) electrons. The predicted octanol–water partition coefficient (Wildman–Crippen LogP) is 6.67. The summed E-state index contributed by atoms with van der Waals surface area (Å²) in [4.78, 5) is 12.7. The number of benzene rings is 2. The lowest BCUT2D eigenvalue weighted by atomic mass is 10.1. The van der Waals surface area contributed by atoms with Gasteiger partial charge in [0.05, 0.1) is 28.4 Å². The van der Waals surface area contributed by atoms with Crippen LogP contribution in [0.3, 0.4) is 0 Å². The number of halogens is 5. The third-order valence-electron chi connectivity index (χ3n) is 3.91. The number of alkyl halides is 3. The monoisotopic (exact) mass is 522 g/mol. The normalized spacial score (nSPS) is 11.3. The molecule has 2 rings (SSSR count). The van der Waals surface area contributed by atoms with E-state index in [1.54, 1.807) is 18.2 Å². The van der Waals surface area contributed by atoms with Gasteiger partial charge in [-0.05, 0) is 61.0 Å². The van der Waals surface area contributed by atoms with Crippen LogP contribution < -0.4 is 15.4 Å². The molecule has 0 aliphatic carbocycles. The van der Waals surface area contributed by atoms with Gasteiger partial charge in [-0.25, -0.2) is 0 Å². The fraction of sp³-hybridized carbons (Fsp3) is 0.300. The molecule has 0 aliphatic heterocycles. The molecule has 0 spiro atoms. The van der Waals surface area contributed by atoms with Crippen molar-refractivity contribution in [2.45, 2.75) is 26.4 Å². The highest BCUT2D eigenvalue weighted by molar-refractivity contribution is 9.10. The topological polar surface area (TPSA) is 50.4 Å². The van der Waals surface area contributed by atoms with E-state index >= 15 is 0 Å². The number of anilines is 1. The van der Waals surface area contributed by atoms with Crippen molar-refractivity contribution >= 4 is 56.5 Å². The molecule has 10 heteroatoms. The van der Waals surface area contributed by atoms with Crippen molar-refractivity contribution in [1.29, 1.82) is 0 Å². The molecule has 0 atom stereocenters. The summed E-state index contributed by atoms with van der Waals surface area (Å²) in [7, 11) is 0. The van der Waals surface area contributed by atoms with E-state index in [2.05, 4.69) is 40.4 Å². The molecule has 0 aromatic heterocycles. The first-order chi connectivity index (χ1) is 14.0. The lowest BCUT2D eigenvalue weighted by molar-refractivity contribution is -0.137. The van der Waals surface area contributed by atoms with Crippen LogP contribution in [-0.4, -0.2) is 17.6 Å². The summed E-state index contributed by atoms with van der Waals surface area (Å²) in [6, 6.07) is 7.74. The van der Waals surface area contributed by atoms with Crippen molar-refractivity contribution in [3.8, 4) is 5.75 Å². The summed E-state index contributed by atoms with van der Waals surface area (Å²) in [6.45, 7) is 4.55. The summed E-state index contributed by atoms with van der Waals surface area (Å²) in [6.07, 6.45) is -3.73. The first-order valence-corrected chi connectivity index (χ1v) is 10.5. The SMILES string of the molecule is CC(C)CCOc1ccc(Br)cc1C(=O)NC(=S)Nc1cc(C(F)(F)F)ccc1Cl. The summed E-state index contributed by atoms with van der Waals surface area (Å²) in [5.74, 6) is 0.236. The number of hydrogen-bond acceptors (Lipinski definition) is 3. The van der Waals surface area contributed by atoms with Crippen molar-refractivity contribution in [3.05, 3.63) is 57.0 Å². The first kappa shape index (κ1) is 24.4. The molecule has 0 aliphatic rings. The minimum atomic E-state index is -4.54. The van der Waals surface area contributed by atoms with E-state index in [-0.39, 0.29) is 21.4 Å². The smallest absolute Gasteiger partial charge is 0.416 e. The Labute approximate surface area is 191 Å². The molecule has 162 valence electrons. The van der Waals surface area contributed by atoms with Crippen LogP contribution in [0.25, 0.3) is 0 Å². The molecule has 0 unspecified atom stereocenters. The quantitative estimate of drug-likeness (QED) is 0.415. The highest BCUT2D eigenvalue weighted by Crippen LogP contribution is 2.33. The molecule has 4 nitrogen and oxygen atoms in total. The van der Waals surface area contributed by atoms with Crippen molar-refractivity contribution in [1.82, 2.24) is 5.32 Å². The zero-order chi connectivity index (χ0) is 22.5. The number of amides is 1. The second-order valence-electron chi connectivity index (χ2n) is 6.77. The van der Waals surface area contributed by atoms with Gasteiger partial charge in [0.2, 0.25) is 0 Å². The summed E-state index contributed by atoms with van der Waals surface area (Å²) in [5.41, 5.74) is -0.733. The molecule has 0 heterocycles. The van der Waals surface area contributed by atoms with Gasteiger partial charge in [0.1, 0.15) is 5.75 Å². The second-order valence-corrected chi connectivity index (χ2v) is 8.50. The Hall–Kier alpha value is -1.84. The van der Waals surface area contributed by atoms with Gasteiger partial charge in [0.25, 0.3) is 5.91 Å². The average Bonchev–Trinajstić information content (AvgIpc) is 2.63. The Morgan fingerprint density at radius 3 is 2.57 bits per heavy atom. The Morgan fingerprint density at radius 1 is 1.23 bits per heavy atom. The maximum Gasteiger partial charge on any atom is 0.416 e. The molecule has 0 saturated heterocycles. The van der Waals surface area contributed by atoms with Gasteiger partial charge < -0.3 is 10.1 Å². The second kappa shape index (κ2) is 10.5. The van der Waals surface area contributed by atoms with E-state index in [9.17, 15) is 18.0 Å². The van der Waals surface area contributed by atoms with E-state index < -0.39 is 17.6 Å². The number of ether oxygens (including phenoxy) is 1. The molecule has 2 aromatic rings. The zero-order valence-electron chi connectivity index (χ0n) is 16.1. The Kier molecular flexibility index (Phi) is 8.52. The maximum atomic E-state index is 12.9. The number of nitrogens with one attached hydrogen (secondary N) is 2. The average molecular weight is 524 g/mol. The Balaban J connectivity index is 2.13. The molecule has 2 N–H and O–H groups in total. The molecule has 0 bridgehead atoms. The van der Waals surface area contributed by atoms with Crippen LogP contribution in [0.15, 0.2) is 40.9 Å². The van der Waals surface area contributed by atoms with Crippen LogP contribution >= 0.6 is 39.7 Å². The highest BCUT2D eigenvalue weighted by atomic mass is 79.9. The van der Waals surface area contributed by atoms with E-state index in [0.717, 1.165) is 24.6 Å². The molecule has 0 fully saturated rings. The van der Waals surface area contributed by atoms with E-state index in [0.29, 0.717) is 22.7 Å². The zero-order valence-corrected chi connectivity index (χ0v) is 19.2. The lowest BCUT2D eigenvalue weighted by Gasteiger charge is -2.15. The third kappa shape index (κ3) is 7.14. The van der Waals surface area contributed by atoms with Crippen molar-refractivity contribution in [3.63, 3.8) is 0 Å². The van der Waals surface area contributed by atoms with Gasteiger partial charge in [-0.1, -0.05) is 41.4 Å². The van der Waals surface area contributed by atoms with Crippen LogP contribution in [0.2, 0.25) is 5.02 Å². The van der Waals surface area contributed by atoms with Crippen LogP contribution in [0.4, 0.5) is 18.9 Å². The van der Waals surface area contributed by atoms with Gasteiger partial charge in [-0.2, -0.15) is 13.2 Å². The van der Waals surface area contributed by atoms with Gasteiger partial charge in [0.15, 0.2) is 5.11 Å². The number of carbonyl (C=O) groups excluding carboxylic acids is 1. The van der Waals surface area contributed by atoms with E-state index in [1.165, 1.54) is 0 Å². The number of hydrogen-bond donors (Lipinski definition) is 2. The van der Waals surface area contributed by atoms with Crippen LogP contribution in [0.5, 0.6) is 5.75 Å². The number of carbonyl (C=O) groups is 1. The lowest BCUT2D eigenvalue weighted by Crippen LogP contribution is -2.34. The van der Waals surface area contributed by atoms with Crippen LogP contribution in [0, 0.1) is 5.92 Å². The molecular weight excluding hydrogens is 505 g/mol. The largest absolute Gasteiger partial charge is 0.493 e. The summed E-state index contributed by atoms with van der Waals surface area (Å²) in [5, 5.41) is 4.80. The van der Waals surface area contributed by atoms with E-state index in [4.69, 9.17) is 28.6 Å². The van der Waals surface area contributed by atoms with Gasteiger partial charge in [-0.15, -0.1) is 0 Å². The fourth-order valence-corrected chi connectivity index (χ4v) is 3.06. The Morgan fingerprint density at radius 2 is 1.93 bits per heavy atom. The first-order valence-electron chi connectivity index (χ1n) is 8.88. The third-order valence-corrected chi connectivity index (χ3v) is 4.93. The number of rotatable bonds is 6. The molecule has 0 saturated carbocycles. The Bertz CT molecular complexity index is 939. The molecule has 2 aromatic carbocycles. The fourth-order valence-electron chi connectivity index (χ4n) is 2.33. The van der Waals surface area contributed by atoms with E-state index in [1.807, 2.05) is 0 Å². The summed E-state index contributed by atoms with van der Waals surface area (Å²) < 4.78 is 45.1. The highest BCUT2D eigenvalue weighted by Gasteiger charge is 2.31. The molecular formula is C20H19BrClF3N2O2S. The van der Waals surface area contributed by atoms with Crippen LogP contribution in [0.1, 0.15) is 36.2 Å². The molecule has 30 heavy (non-hydrogen) atoms. The van der Waals surface area contributed by atoms with Crippen molar-refractivity contribution in [2.75, 3.05) is 11.9 Å². The maximum absolute atomic E-state index is 12.9. The van der Waals surface area contributed by atoms with Crippen molar-refractivity contribution < 1.29 is 22.7 Å². The van der Waals surface area contributed by atoms with Crippen molar-refractivity contribution in [2.24, 2.45) is 5.92 Å². The predicted molar refractivity (Wildman–Crippen MR) is 119 cm³/mol. The van der Waals surface area contributed by atoms with Crippen LogP contribution in [-0.2, 0) is 6.18 Å². The van der Waals surface area contributed by atoms with Gasteiger partial charge >= 0.3 is 6.18 Å². The minimum Gasteiger partial charge on any atom is -0.493 e. The van der Waals surface area contributed by atoms with Gasteiger partial charge in [-0.3, -0.25) is 10.1 Å². The minimum absolute atomic E-state index is 0.0276. The summed E-state index contributed by atoms with van der Waals surface area (Å²) >= 11 is 14.3. The number of thiocarbonyl (C=S) groups is 1.